The number of carbonyl (C=O) groups is 2. The predicted molar refractivity (Wildman–Crippen MR) is 90.0 cm³/mol. The van der Waals surface area contributed by atoms with Gasteiger partial charge in [-0.1, -0.05) is 30.3 Å². The Balaban J connectivity index is 1.91. The molecule has 1 aromatic carbocycles. The molecule has 1 aliphatic rings. The quantitative estimate of drug-likeness (QED) is 0.430. The van der Waals surface area contributed by atoms with Crippen molar-refractivity contribution in [3.8, 4) is 0 Å². The third-order valence-electron chi connectivity index (χ3n) is 4.06. The summed E-state index contributed by atoms with van der Waals surface area (Å²) in [6, 6.07) is 8.18. The first-order chi connectivity index (χ1) is 12.4. The zero-order valence-corrected chi connectivity index (χ0v) is 14.4. The van der Waals surface area contributed by atoms with Crippen LogP contribution in [0, 0.1) is 0 Å². The molecule has 0 unspecified atom stereocenters. The van der Waals surface area contributed by atoms with E-state index in [1.807, 2.05) is 30.3 Å². The molecule has 0 radical (unpaired) electrons. The third-order valence-corrected chi connectivity index (χ3v) is 4.06. The van der Waals surface area contributed by atoms with Gasteiger partial charge in [0.15, 0.2) is 0 Å². The van der Waals surface area contributed by atoms with Crippen LogP contribution in [0.1, 0.15) is 12.5 Å². The van der Waals surface area contributed by atoms with Crippen LogP contribution in [0.4, 0.5) is 4.79 Å². The molecule has 0 aromatic heterocycles. The topological polar surface area (TPSA) is 137 Å². The number of hydrogen-bond acceptors (Lipinski definition) is 7. The summed E-state index contributed by atoms with van der Waals surface area (Å²) in [6.45, 7) is 0.753. The van der Waals surface area contributed by atoms with Crippen molar-refractivity contribution in [1.82, 2.24) is 10.6 Å². The van der Waals surface area contributed by atoms with E-state index in [-0.39, 0.29) is 13.2 Å². The van der Waals surface area contributed by atoms with E-state index in [0.717, 1.165) is 5.56 Å². The molecule has 9 nitrogen and oxygen atoms in total. The molecule has 144 valence electrons. The number of carbonyl (C=O) groups excluding carboxylic acids is 2. The van der Waals surface area contributed by atoms with Crippen LogP contribution in [-0.2, 0) is 20.9 Å². The van der Waals surface area contributed by atoms with Crippen LogP contribution in [0.3, 0.4) is 0 Å². The maximum Gasteiger partial charge on any atom is 0.407 e. The highest BCUT2D eigenvalue weighted by molar-refractivity contribution is 5.73. The molecule has 2 rings (SSSR count). The van der Waals surface area contributed by atoms with E-state index < -0.39 is 49.1 Å². The number of alkyl carbamates (subject to hydrolysis) is 1. The molecule has 0 spiro atoms. The van der Waals surface area contributed by atoms with Crippen molar-refractivity contribution in [1.29, 1.82) is 0 Å². The highest BCUT2D eigenvalue weighted by Gasteiger charge is 2.44. The largest absolute Gasteiger partial charge is 0.445 e. The zero-order valence-electron chi connectivity index (χ0n) is 14.4. The summed E-state index contributed by atoms with van der Waals surface area (Å²) < 4.78 is 10.6. The molecule has 1 aromatic rings. The summed E-state index contributed by atoms with van der Waals surface area (Å²) in [5, 5.41) is 34.3. The lowest BCUT2D eigenvalue weighted by Crippen LogP contribution is -2.65. The van der Waals surface area contributed by atoms with Gasteiger partial charge in [0.1, 0.15) is 24.9 Å². The number of nitrogens with one attached hydrogen (secondary N) is 2. The van der Waals surface area contributed by atoms with Crippen LogP contribution < -0.4 is 10.6 Å². The molecule has 26 heavy (non-hydrogen) atoms. The summed E-state index contributed by atoms with van der Waals surface area (Å²) in [5.74, 6) is -0.427. The van der Waals surface area contributed by atoms with Gasteiger partial charge in [-0.05, 0) is 5.56 Å². The fraction of sp³-hybridized carbons (Fsp3) is 0.529. The van der Waals surface area contributed by atoms with Gasteiger partial charge >= 0.3 is 6.09 Å². The number of hydrogen-bond donors (Lipinski definition) is 5. The van der Waals surface area contributed by atoms with E-state index in [1.165, 1.54) is 6.92 Å². The fourth-order valence-corrected chi connectivity index (χ4v) is 2.74. The smallest absolute Gasteiger partial charge is 0.407 e. The average molecular weight is 368 g/mol. The van der Waals surface area contributed by atoms with Crippen molar-refractivity contribution in [2.75, 3.05) is 13.2 Å². The second-order valence-corrected chi connectivity index (χ2v) is 6.05. The van der Waals surface area contributed by atoms with Gasteiger partial charge in [-0.3, -0.25) is 4.79 Å². The standard InChI is InChI=1S/C17H24N2O7/c1-10(21)19-14-12(26-13(8-20)15(22)16(14)23)7-18-17(24)25-9-11-5-3-2-4-6-11/h2-6,12-16,20,22-23H,7-9H2,1H3,(H,18,24)(H,19,21)/t12-,13+,14-,15+,16+/m0/s1. The third kappa shape index (κ3) is 5.40. The first kappa shape index (κ1) is 20.1. The second kappa shape index (κ2) is 9.48. The molecule has 5 atom stereocenters. The number of benzene rings is 1. The minimum absolute atomic E-state index is 0.0845. The van der Waals surface area contributed by atoms with Crippen LogP contribution in [0.2, 0.25) is 0 Å². The van der Waals surface area contributed by atoms with Crippen molar-refractivity contribution < 1.29 is 34.4 Å². The molecular weight excluding hydrogens is 344 g/mol. The Labute approximate surface area is 150 Å². The molecular formula is C17H24N2O7. The lowest BCUT2D eigenvalue weighted by Gasteiger charge is -2.42. The average Bonchev–Trinajstić information content (AvgIpc) is 2.63. The molecule has 0 aliphatic carbocycles. The summed E-state index contributed by atoms with van der Waals surface area (Å²) in [6.07, 6.45) is -5.28. The van der Waals surface area contributed by atoms with Gasteiger partial charge in [0.25, 0.3) is 0 Å². The van der Waals surface area contributed by atoms with Gasteiger partial charge < -0.3 is 35.4 Å². The molecule has 1 saturated heterocycles. The van der Waals surface area contributed by atoms with E-state index >= 15 is 0 Å². The van der Waals surface area contributed by atoms with Crippen LogP contribution >= 0.6 is 0 Å². The van der Waals surface area contributed by atoms with E-state index in [1.54, 1.807) is 0 Å². The van der Waals surface area contributed by atoms with Crippen LogP contribution in [0.5, 0.6) is 0 Å². The first-order valence-electron chi connectivity index (χ1n) is 8.26. The van der Waals surface area contributed by atoms with Gasteiger partial charge in [0, 0.05) is 13.5 Å². The van der Waals surface area contributed by atoms with Crippen molar-refractivity contribution >= 4 is 12.0 Å². The molecule has 2 amide bonds. The number of ether oxygens (including phenoxy) is 2. The van der Waals surface area contributed by atoms with Crippen molar-refractivity contribution in [3.05, 3.63) is 35.9 Å². The number of aliphatic hydroxyl groups is 3. The molecule has 0 saturated carbocycles. The first-order valence-corrected chi connectivity index (χ1v) is 8.26. The summed E-state index contributed by atoms with van der Waals surface area (Å²) >= 11 is 0. The zero-order chi connectivity index (χ0) is 19.1. The summed E-state index contributed by atoms with van der Waals surface area (Å²) in [7, 11) is 0. The Kier molecular flexibility index (Phi) is 7.34. The minimum Gasteiger partial charge on any atom is -0.445 e. The van der Waals surface area contributed by atoms with Gasteiger partial charge in [-0.2, -0.15) is 0 Å². The number of rotatable bonds is 6. The van der Waals surface area contributed by atoms with Crippen molar-refractivity contribution in [3.63, 3.8) is 0 Å². The summed E-state index contributed by atoms with van der Waals surface area (Å²) in [4.78, 5) is 23.2. The van der Waals surface area contributed by atoms with E-state index in [2.05, 4.69) is 10.6 Å². The van der Waals surface area contributed by atoms with Gasteiger partial charge in [-0.15, -0.1) is 0 Å². The Bertz CT molecular complexity index is 598. The molecule has 9 heteroatoms. The lowest BCUT2D eigenvalue weighted by molar-refractivity contribution is -0.193. The molecule has 1 heterocycles. The van der Waals surface area contributed by atoms with Gasteiger partial charge in [-0.25, -0.2) is 4.79 Å². The van der Waals surface area contributed by atoms with E-state index in [4.69, 9.17) is 9.47 Å². The van der Waals surface area contributed by atoms with E-state index in [0.29, 0.717) is 0 Å². The molecule has 5 N–H and O–H groups in total. The van der Waals surface area contributed by atoms with Gasteiger partial charge in [0.2, 0.25) is 5.91 Å². The van der Waals surface area contributed by atoms with Crippen molar-refractivity contribution in [2.45, 2.75) is 44.0 Å². The minimum atomic E-state index is -1.36. The van der Waals surface area contributed by atoms with Gasteiger partial charge in [0.05, 0.1) is 18.8 Å². The Morgan fingerprint density at radius 3 is 2.46 bits per heavy atom. The SMILES string of the molecule is CC(=O)N[C@@H]1[C@@H](O)[C@H](O)[C@@H](CO)O[C@H]1CNC(=O)OCc1ccccc1. The fourth-order valence-electron chi connectivity index (χ4n) is 2.74. The maximum absolute atomic E-state index is 11.8. The molecule has 1 fully saturated rings. The molecule has 1 aliphatic heterocycles. The number of amides is 2. The normalized spacial score (nSPS) is 28.2. The van der Waals surface area contributed by atoms with Crippen LogP contribution in [0.25, 0.3) is 0 Å². The monoisotopic (exact) mass is 368 g/mol. The highest BCUT2D eigenvalue weighted by Crippen LogP contribution is 2.21. The predicted octanol–water partition coefficient (Wildman–Crippen LogP) is -1.10. The highest BCUT2D eigenvalue weighted by atomic mass is 16.6. The summed E-state index contributed by atoms with van der Waals surface area (Å²) in [5.41, 5.74) is 0.826. The number of aliphatic hydroxyl groups excluding tert-OH is 3. The second-order valence-electron chi connectivity index (χ2n) is 6.05. The Morgan fingerprint density at radius 1 is 1.15 bits per heavy atom. The Morgan fingerprint density at radius 2 is 1.85 bits per heavy atom. The molecule has 0 bridgehead atoms. The van der Waals surface area contributed by atoms with Crippen LogP contribution in [0.15, 0.2) is 30.3 Å². The lowest BCUT2D eigenvalue weighted by atomic mass is 9.92. The van der Waals surface area contributed by atoms with Crippen LogP contribution in [-0.4, -0.2) is 70.9 Å². The van der Waals surface area contributed by atoms with Crippen molar-refractivity contribution in [2.24, 2.45) is 0 Å². The Hall–Kier alpha value is -2.20. The maximum atomic E-state index is 11.8. The van der Waals surface area contributed by atoms with E-state index in [9.17, 15) is 24.9 Å².